The first-order chi connectivity index (χ1) is 16.6. The smallest absolute Gasteiger partial charge is 0.118 e. The molecule has 1 saturated carbocycles. The summed E-state index contributed by atoms with van der Waals surface area (Å²) in [4.78, 5) is 5.26. The van der Waals surface area contributed by atoms with E-state index < -0.39 is 0 Å². The van der Waals surface area contributed by atoms with Gasteiger partial charge in [-0.25, -0.2) is 4.99 Å². The Balaban J connectivity index is 1.68. The van der Waals surface area contributed by atoms with E-state index in [0.717, 1.165) is 64.7 Å². The van der Waals surface area contributed by atoms with E-state index >= 15 is 0 Å². The lowest BCUT2D eigenvalue weighted by Crippen LogP contribution is -2.16. The fourth-order valence-corrected chi connectivity index (χ4v) is 4.64. The Morgan fingerprint density at radius 3 is 2.15 bits per heavy atom. The molecule has 34 heavy (non-hydrogen) atoms. The van der Waals surface area contributed by atoms with Crippen LogP contribution in [0.4, 0.5) is 11.4 Å². The van der Waals surface area contributed by atoms with Gasteiger partial charge in [-0.3, -0.25) is 0 Å². The van der Waals surface area contributed by atoms with Crippen LogP contribution in [0.2, 0.25) is 0 Å². The lowest BCUT2D eigenvalue weighted by atomic mass is 9.84. The molecule has 0 atom stereocenters. The van der Waals surface area contributed by atoms with E-state index in [2.05, 4.69) is 61.6 Å². The highest BCUT2D eigenvalue weighted by molar-refractivity contribution is 6.22. The van der Waals surface area contributed by atoms with Crippen molar-refractivity contribution in [2.24, 2.45) is 4.99 Å². The van der Waals surface area contributed by atoms with E-state index in [-0.39, 0.29) is 0 Å². The third-order valence-corrected chi connectivity index (χ3v) is 6.70. The highest BCUT2D eigenvalue weighted by Crippen LogP contribution is 2.41. The first kappa shape index (κ1) is 22.0. The van der Waals surface area contributed by atoms with Gasteiger partial charge < -0.3 is 14.8 Å². The minimum atomic E-state index is 0.854. The molecule has 172 valence electrons. The number of aliphatic imine (C=N–C) groups is 1. The van der Waals surface area contributed by atoms with E-state index in [9.17, 15) is 0 Å². The standard InChI is InChI=1S/C30H30N2O2/c1-19-16-27-28(17-20(19)2)32-30-23(18-21-8-12-24(33-3)13-9-21)6-5-7-26(30)29(31-27)22-10-14-25(34-4)15-11-22/h8-18,31H,5-7H2,1-4H3/b23-18+. The molecule has 0 amide bonds. The van der Waals surface area contributed by atoms with Crippen LogP contribution in [0.5, 0.6) is 11.5 Å². The van der Waals surface area contributed by atoms with Crippen LogP contribution in [0, 0.1) is 13.8 Å². The predicted octanol–water partition coefficient (Wildman–Crippen LogP) is 7.50. The molecule has 0 unspecified atom stereocenters. The van der Waals surface area contributed by atoms with Gasteiger partial charge in [0, 0.05) is 5.57 Å². The number of allylic oxidation sites excluding steroid dienone is 2. The highest BCUT2D eigenvalue weighted by atomic mass is 16.5. The van der Waals surface area contributed by atoms with Crippen LogP contribution in [-0.2, 0) is 0 Å². The minimum Gasteiger partial charge on any atom is -0.497 e. The highest BCUT2D eigenvalue weighted by Gasteiger charge is 2.26. The Labute approximate surface area is 201 Å². The topological polar surface area (TPSA) is 42.9 Å². The molecule has 4 heteroatoms. The summed E-state index contributed by atoms with van der Waals surface area (Å²) in [5, 5.41) is 3.76. The van der Waals surface area contributed by atoms with Crippen LogP contribution >= 0.6 is 0 Å². The van der Waals surface area contributed by atoms with Crippen LogP contribution in [0.3, 0.4) is 0 Å². The molecule has 0 bridgehead atoms. The molecule has 1 N–H and O–H groups in total. The van der Waals surface area contributed by atoms with E-state index in [0.29, 0.717) is 0 Å². The van der Waals surface area contributed by atoms with Gasteiger partial charge in [0.05, 0.1) is 37.0 Å². The molecule has 0 spiro atoms. The third kappa shape index (κ3) is 4.24. The summed E-state index contributed by atoms with van der Waals surface area (Å²) in [5.74, 6) is 1.72. The molecule has 3 aromatic carbocycles. The zero-order valence-corrected chi connectivity index (χ0v) is 20.2. The second-order valence-corrected chi connectivity index (χ2v) is 8.92. The second kappa shape index (κ2) is 9.22. The lowest BCUT2D eigenvalue weighted by molar-refractivity contribution is 0.414. The van der Waals surface area contributed by atoms with Gasteiger partial charge >= 0.3 is 0 Å². The number of rotatable bonds is 4. The number of hydrogen-bond donors (Lipinski definition) is 1. The van der Waals surface area contributed by atoms with Crippen molar-refractivity contribution >= 4 is 28.9 Å². The molecule has 0 aromatic heterocycles. The normalized spacial score (nSPS) is 16.2. The monoisotopic (exact) mass is 450 g/mol. The number of nitrogens with one attached hydrogen (secondary N) is 1. The Morgan fingerprint density at radius 1 is 0.824 bits per heavy atom. The maximum Gasteiger partial charge on any atom is 0.118 e. The van der Waals surface area contributed by atoms with Gasteiger partial charge in [-0.2, -0.15) is 0 Å². The molecule has 3 aromatic rings. The van der Waals surface area contributed by atoms with Crippen molar-refractivity contribution < 1.29 is 9.47 Å². The maximum absolute atomic E-state index is 5.39. The number of ether oxygens (including phenoxy) is 2. The van der Waals surface area contributed by atoms with Crippen molar-refractivity contribution in [3.63, 3.8) is 0 Å². The Kier molecular flexibility index (Phi) is 5.97. The van der Waals surface area contributed by atoms with Crippen molar-refractivity contribution in [3.8, 4) is 11.5 Å². The summed E-state index contributed by atoms with van der Waals surface area (Å²) in [6, 6.07) is 20.9. The lowest BCUT2D eigenvalue weighted by Gasteiger charge is -2.23. The minimum absolute atomic E-state index is 0.854. The molecular weight excluding hydrogens is 420 g/mol. The van der Waals surface area contributed by atoms with Crippen molar-refractivity contribution in [2.45, 2.75) is 33.1 Å². The van der Waals surface area contributed by atoms with E-state index in [1.54, 1.807) is 14.2 Å². The maximum atomic E-state index is 5.39. The molecule has 1 fully saturated rings. The SMILES string of the molecule is COc1ccc(/C=C2\CCCC3=C(c4ccc(OC)cc4)Nc4cc(C)c(C)cc4N=C32)cc1. The average Bonchev–Trinajstić information content (AvgIpc) is 3.02. The van der Waals surface area contributed by atoms with Crippen molar-refractivity contribution in [3.05, 3.63) is 94.1 Å². The van der Waals surface area contributed by atoms with Crippen LogP contribution in [0.1, 0.15) is 41.5 Å². The number of hydrogen-bond acceptors (Lipinski definition) is 4. The summed E-state index contributed by atoms with van der Waals surface area (Å²) in [6.45, 7) is 4.30. The van der Waals surface area contributed by atoms with Gasteiger partial charge in [0.15, 0.2) is 0 Å². The number of aryl methyl sites for hydroxylation is 2. The quantitative estimate of drug-likeness (QED) is 0.447. The summed E-state index contributed by atoms with van der Waals surface area (Å²) < 4.78 is 10.7. The van der Waals surface area contributed by atoms with E-state index in [1.165, 1.54) is 22.3 Å². The fraction of sp³-hybridized carbons (Fsp3) is 0.233. The number of anilines is 1. The molecule has 2 aliphatic rings. The van der Waals surface area contributed by atoms with Gasteiger partial charge in [0.25, 0.3) is 0 Å². The second-order valence-electron chi connectivity index (χ2n) is 8.92. The largest absolute Gasteiger partial charge is 0.497 e. The van der Waals surface area contributed by atoms with Crippen molar-refractivity contribution in [1.82, 2.24) is 0 Å². The summed E-state index contributed by atoms with van der Waals surface area (Å²) in [6.07, 6.45) is 5.35. The molecular formula is C30H30N2O2. The molecule has 1 aliphatic carbocycles. The zero-order valence-electron chi connectivity index (χ0n) is 20.2. The number of benzene rings is 3. The number of nitrogens with zero attached hydrogens (tertiary/aromatic N) is 1. The van der Waals surface area contributed by atoms with Crippen LogP contribution in [0.15, 0.2) is 76.8 Å². The summed E-state index contributed by atoms with van der Waals surface area (Å²) >= 11 is 0. The van der Waals surface area contributed by atoms with Gasteiger partial charge in [0.2, 0.25) is 0 Å². The van der Waals surface area contributed by atoms with Crippen LogP contribution < -0.4 is 14.8 Å². The summed E-state index contributed by atoms with van der Waals surface area (Å²) in [7, 11) is 3.39. The number of methoxy groups -OCH3 is 2. The first-order valence-corrected chi connectivity index (χ1v) is 11.8. The molecule has 5 rings (SSSR count). The molecule has 1 aliphatic heterocycles. The van der Waals surface area contributed by atoms with Crippen molar-refractivity contribution in [1.29, 1.82) is 0 Å². The van der Waals surface area contributed by atoms with E-state index in [4.69, 9.17) is 14.5 Å². The predicted molar refractivity (Wildman–Crippen MR) is 141 cm³/mol. The average molecular weight is 451 g/mol. The first-order valence-electron chi connectivity index (χ1n) is 11.8. The van der Waals surface area contributed by atoms with E-state index in [1.807, 2.05) is 24.3 Å². The van der Waals surface area contributed by atoms with Gasteiger partial charge in [-0.15, -0.1) is 0 Å². The molecule has 1 heterocycles. The van der Waals surface area contributed by atoms with Crippen LogP contribution in [-0.4, -0.2) is 19.9 Å². The fourth-order valence-electron chi connectivity index (χ4n) is 4.64. The molecule has 0 saturated heterocycles. The van der Waals surface area contributed by atoms with Crippen molar-refractivity contribution in [2.75, 3.05) is 19.5 Å². The third-order valence-electron chi connectivity index (χ3n) is 6.70. The zero-order chi connectivity index (χ0) is 23.7. The van der Waals surface area contributed by atoms with Gasteiger partial charge in [-0.05, 0) is 116 Å². The Morgan fingerprint density at radius 2 is 1.47 bits per heavy atom. The van der Waals surface area contributed by atoms with Gasteiger partial charge in [0.1, 0.15) is 11.5 Å². The molecule has 4 nitrogen and oxygen atoms in total. The van der Waals surface area contributed by atoms with Gasteiger partial charge in [-0.1, -0.05) is 12.1 Å². The Hall–Kier alpha value is -3.79. The Bertz CT molecular complexity index is 1310. The van der Waals surface area contributed by atoms with Crippen LogP contribution in [0.25, 0.3) is 11.8 Å². The number of fused-ring (bicyclic) bond motifs is 2. The molecule has 0 radical (unpaired) electrons. The summed E-state index contributed by atoms with van der Waals surface area (Å²) in [5.41, 5.74) is 11.6.